The molecule has 2 aromatic rings. The van der Waals surface area contributed by atoms with Crippen LogP contribution in [0.25, 0.3) is 0 Å². The van der Waals surface area contributed by atoms with Gasteiger partial charge < -0.3 is 9.84 Å². The number of aryl methyl sites for hydroxylation is 3. The van der Waals surface area contributed by atoms with Gasteiger partial charge in [-0.3, -0.25) is 0 Å². The molecule has 2 aromatic heterocycles. The molecule has 0 aromatic carbocycles. The molecule has 21 heavy (non-hydrogen) atoms. The molecule has 114 valence electrons. The lowest BCUT2D eigenvalue weighted by Gasteiger charge is -2.10. The number of aromatic nitrogens is 3. The van der Waals surface area contributed by atoms with Crippen LogP contribution in [0.3, 0.4) is 0 Å². The van der Waals surface area contributed by atoms with Crippen molar-refractivity contribution in [3.8, 4) is 0 Å². The van der Waals surface area contributed by atoms with E-state index in [9.17, 15) is 0 Å². The summed E-state index contributed by atoms with van der Waals surface area (Å²) in [5.74, 6) is 3.06. The zero-order valence-electron chi connectivity index (χ0n) is 13.5. The molecular formula is C16H24N4O. The molecule has 2 heterocycles. The first kappa shape index (κ1) is 15.5. The van der Waals surface area contributed by atoms with Crippen molar-refractivity contribution in [3.05, 3.63) is 34.6 Å². The predicted octanol–water partition coefficient (Wildman–Crippen LogP) is 3.56. The van der Waals surface area contributed by atoms with E-state index in [4.69, 9.17) is 4.52 Å². The van der Waals surface area contributed by atoms with E-state index in [0.717, 1.165) is 48.2 Å². The van der Waals surface area contributed by atoms with Crippen molar-refractivity contribution in [3.63, 3.8) is 0 Å². The highest BCUT2D eigenvalue weighted by molar-refractivity contribution is 5.36. The Bertz CT molecular complexity index is 585. The molecule has 0 fully saturated rings. The van der Waals surface area contributed by atoms with Crippen LogP contribution in [0, 0.1) is 20.8 Å². The van der Waals surface area contributed by atoms with Gasteiger partial charge in [-0.15, -0.1) is 0 Å². The van der Waals surface area contributed by atoms with Gasteiger partial charge in [-0.25, -0.2) is 9.97 Å². The van der Waals surface area contributed by atoms with E-state index in [2.05, 4.69) is 34.3 Å². The Morgan fingerprint density at radius 1 is 1.19 bits per heavy atom. The third-order valence-corrected chi connectivity index (χ3v) is 3.48. The first-order valence-electron chi connectivity index (χ1n) is 7.48. The molecule has 2 rings (SSSR count). The third kappa shape index (κ3) is 4.03. The molecule has 0 unspecified atom stereocenters. The van der Waals surface area contributed by atoms with Crippen molar-refractivity contribution in [1.29, 1.82) is 0 Å². The average Bonchev–Trinajstić information content (AvgIpc) is 2.74. The van der Waals surface area contributed by atoms with Gasteiger partial charge in [0.1, 0.15) is 17.4 Å². The van der Waals surface area contributed by atoms with Crippen LogP contribution in [0.15, 0.2) is 10.6 Å². The van der Waals surface area contributed by atoms with Crippen LogP contribution in [0.2, 0.25) is 0 Å². The van der Waals surface area contributed by atoms with Gasteiger partial charge in [0.25, 0.3) is 0 Å². The van der Waals surface area contributed by atoms with Gasteiger partial charge in [0.15, 0.2) is 0 Å². The van der Waals surface area contributed by atoms with Gasteiger partial charge in [0.05, 0.1) is 5.69 Å². The summed E-state index contributed by atoms with van der Waals surface area (Å²) >= 11 is 0. The van der Waals surface area contributed by atoms with Gasteiger partial charge >= 0.3 is 0 Å². The van der Waals surface area contributed by atoms with E-state index in [1.165, 1.54) is 5.56 Å². The summed E-state index contributed by atoms with van der Waals surface area (Å²) in [6.45, 7) is 11.0. The van der Waals surface area contributed by atoms with Crippen molar-refractivity contribution in [1.82, 2.24) is 15.1 Å². The monoisotopic (exact) mass is 288 g/mol. The van der Waals surface area contributed by atoms with Crippen LogP contribution in [0.5, 0.6) is 0 Å². The summed E-state index contributed by atoms with van der Waals surface area (Å²) < 4.78 is 5.18. The molecule has 0 saturated heterocycles. The van der Waals surface area contributed by atoms with E-state index < -0.39 is 0 Å². The minimum atomic E-state index is 0.341. The maximum Gasteiger partial charge on any atom is 0.137 e. The van der Waals surface area contributed by atoms with Crippen LogP contribution < -0.4 is 5.32 Å². The second kappa shape index (κ2) is 6.70. The normalized spacial score (nSPS) is 11.1. The minimum Gasteiger partial charge on any atom is -0.370 e. The summed E-state index contributed by atoms with van der Waals surface area (Å²) in [5, 5.41) is 7.36. The first-order chi connectivity index (χ1) is 9.97. The highest BCUT2D eigenvalue weighted by Gasteiger charge is 2.09. The zero-order valence-corrected chi connectivity index (χ0v) is 13.5. The van der Waals surface area contributed by atoms with E-state index >= 15 is 0 Å². The van der Waals surface area contributed by atoms with Crippen molar-refractivity contribution >= 4 is 5.82 Å². The van der Waals surface area contributed by atoms with Gasteiger partial charge in [-0.05, 0) is 33.6 Å². The molecule has 0 amide bonds. The van der Waals surface area contributed by atoms with Crippen LogP contribution in [0.1, 0.15) is 54.7 Å². The fourth-order valence-electron chi connectivity index (χ4n) is 2.28. The van der Waals surface area contributed by atoms with Crippen molar-refractivity contribution < 1.29 is 4.52 Å². The summed E-state index contributed by atoms with van der Waals surface area (Å²) in [6.07, 6.45) is 1.98. The van der Waals surface area contributed by atoms with E-state index in [1.807, 2.05) is 26.8 Å². The number of rotatable bonds is 6. The maximum atomic E-state index is 5.18. The molecule has 0 radical (unpaired) electrons. The van der Waals surface area contributed by atoms with Crippen LogP contribution in [0.4, 0.5) is 5.82 Å². The largest absolute Gasteiger partial charge is 0.370 e. The number of anilines is 1. The van der Waals surface area contributed by atoms with E-state index in [-0.39, 0.29) is 0 Å². The summed E-state index contributed by atoms with van der Waals surface area (Å²) in [6, 6.07) is 1.99. The molecule has 0 spiro atoms. The Labute approximate surface area is 126 Å². The molecule has 0 aliphatic heterocycles. The SMILES string of the molecule is Cc1cc(NCCCc2c(C)noc2C)nc(C(C)C)n1. The maximum absolute atomic E-state index is 5.18. The summed E-state index contributed by atoms with van der Waals surface area (Å²) in [7, 11) is 0. The summed E-state index contributed by atoms with van der Waals surface area (Å²) in [4.78, 5) is 9.00. The lowest BCUT2D eigenvalue weighted by molar-refractivity contribution is 0.392. The molecule has 0 saturated carbocycles. The van der Waals surface area contributed by atoms with Gasteiger partial charge in [0.2, 0.25) is 0 Å². The van der Waals surface area contributed by atoms with Crippen molar-refractivity contribution in [2.45, 2.75) is 53.4 Å². The fraction of sp³-hybridized carbons (Fsp3) is 0.562. The predicted molar refractivity (Wildman–Crippen MR) is 83.6 cm³/mol. The molecule has 5 nitrogen and oxygen atoms in total. The van der Waals surface area contributed by atoms with Crippen LogP contribution >= 0.6 is 0 Å². The smallest absolute Gasteiger partial charge is 0.137 e. The Balaban J connectivity index is 1.89. The molecule has 1 N–H and O–H groups in total. The Kier molecular flexibility index (Phi) is 4.94. The van der Waals surface area contributed by atoms with E-state index in [1.54, 1.807) is 0 Å². The van der Waals surface area contributed by atoms with Gasteiger partial charge in [-0.1, -0.05) is 19.0 Å². The first-order valence-corrected chi connectivity index (χ1v) is 7.48. The second-order valence-electron chi connectivity index (χ2n) is 5.74. The highest BCUT2D eigenvalue weighted by Crippen LogP contribution is 2.16. The highest BCUT2D eigenvalue weighted by atomic mass is 16.5. The van der Waals surface area contributed by atoms with Gasteiger partial charge in [-0.2, -0.15) is 0 Å². The molecule has 0 atom stereocenters. The lowest BCUT2D eigenvalue weighted by atomic mass is 10.1. The Morgan fingerprint density at radius 3 is 2.57 bits per heavy atom. The van der Waals surface area contributed by atoms with Crippen molar-refractivity contribution in [2.75, 3.05) is 11.9 Å². The van der Waals surface area contributed by atoms with Crippen molar-refractivity contribution in [2.24, 2.45) is 0 Å². The van der Waals surface area contributed by atoms with E-state index in [0.29, 0.717) is 5.92 Å². The lowest BCUT2D eigenvalue weighted by Crippen LogP contribution is -2.08. The molecule has 5 heteroatoms. The molecular weight excluding hydrogens is 264 g/mol. The van der Waals surface area contributed by atoms with Crippen LogP contribution in [-0.4, -0.2) is 21.7 Å². The fourth-order valence-corrected chi connectivity index (χ4v) is 2.28. The standard InChI is InChI=1S/C16H24N4O/c1-10(2)16-18-11(3)9-15(19-16)17-8-6-7-14-12(4)20-21-13(14)5/h9-10H,6-8H2,1-5H3,(H,17,18,19). The Hall–Kier alpha value is -1.91. The molecule has 0 bridgehead atoms. The number of hydrogen-bond donors (Lipinski definition) is 1. The average molecular weight is 288 g/mol. The summed E-state index contributed by atoms with van der Waals surface area (Å²) in [5.41, 5.74) is 3.22. The molecule has 0 aliphatic rings. The zero-order chi connectivity index (χ0) is 15.4. The topological polar surface area (TPSA) is 63.8 Å². The number of nitrogens with zero attached hydrogens (tertiary/aromatic N) is 3. The van der Waals surface area contributed by atoms with Crippen LogP contribution in [-0.2, 0) is 6.42 Å². The number of nitrogens with one attached hydrogen (secondary N) is 1. The quantitative estimate of drug-likeness (QED) is 0.823. The second-order valence-corrected chi connectivity index (χ2v) is 5.74. The Morgan fingerprint density at radius 2 is 1.95 bits per heavy atom. The third-order valence-electron chi connectivity index (χ3n) is 3.48. The van der Waals surface area contributed by atoms with Gasteiger partial charge in [0, 0.05) is 29.8 Å². The molecule has 0 aliphatic carbocycles. The number of hydrogen-bond acceptors (Lipinski definition) is 5. The minimum absolute atomic E-state index is 0.341.